The third kappa shape index (κ3) is 7.41. The van der Waals surface area contributed by atoms with Crippen molar-refractivity contribution in [3.8, 4) is 0 Å². The number of nitrogens with one attached hydrogen (secondary N) is 3. The third-order valence-corrected chi connectivity index (χ3v) is 4.61. The molecule has 0 aromatic heterocycles. The molecule has 0 aliphatic rings. The Bertz CT molecular complexity index is 735. The summed E-state index contributed by atoms with van der Waals surface area (Å²) in [7, 11) is 1.83. The van der Waals surface area contributed by atoms with Crippen molar-refractivity contribution in [2.24, 2.45) is 0 Å². The average molecular weight is 389 g/mol. The van der Waals surface area contributed by atoms with Crippen molar-refractivity contribution < 1.29 is 14.5 Å². The van der Waals surface area contributed by atoms with Crippen LogP contribution in [0.25, 0.3) is 0 Å². The molecule has 2 rings (SSSR count). The number of hydrogen-bond donors (Lipinski definition) is 3. The van der Waals surface area contributed by atoms with Crippen molar-refractivity contribution in [2.45, 2.75) is 19.3 Å². The Kier molecular flexibility index (Phi) is 8.30. The second-order valence-electron chi connectivity index (χ2n) is 6.69. The Morgan fingerprint density at radius 3 is 2.26 bits per heavy atom. The van der Waals surface area contributed by atoms with Crippen LogP contribution in [0.1, 0.15) is 24.8 Å². The normalized spacial score (nSPS) is 12.9. The molecule has 0 saturated heterocycles. The number of amides is 2. The van der Waals surface area contributed by atoms with E-state index in [0.29, 0.717) is 23.2 Å². The Hall–Kier alpha value is -2.37. The van der Waals surface area contributed by atoms with E-state index in [1.807, 2.05) is 25.2 Å². The predicted octanol–water partition coefficient (Wildman–Crippen LogP) is 2.10. The molecular formula is C21H27ClN3O2+. The van der Waals surface area contributed by atoms with Crippen molar-refractivity contribution >= 4 is 29.1 Å². The van der Waals surface area contributed by atoms with Gasteiger partial charge in [-0.25, -0.2) is 0 Å². The zero-order chi connectivity index (χ0) is 19.6. The maximum absolute atomic E-state index is 12.2. The largest absolute Gasteiger partial charge is 0.351 e. The number of rotatable bonds is 9. The topological polar surface area (TPSA) is 62.6 Å². The number of halogens is 1. The van der Waals surface area contributed by atoms with Gasteiger partial charge in [0.1, 0.15) is 0 Å². The number of likely N-dealkylation sites (N-methyl/N-ethyl adjacent to an activating group) is 1. The Balaban J connectivity index is 1.74. The molecule has 2 aromatic rings. The maximum atomic E-state index is 12.2. The second kappa shape index (κ2) is 10.7. The second-order valence-corrected chi connectivity index (χ2v) is 7.12. The van der Waals surface area contributed by atoms with Crippen molar-refractivity contribution in [3.63, 3.8) is 0 Å². The van der Waals surface area contributed by atoms with Crippen molar-refractivity contribution in [3.05, 3.63) is 65.2 Å². The van der Waals surface area contributed by atoms with Crippen molar-refractivity contribution in [1.29, 1.82) is 0 Å². The highest BCUT2D eigenvalue weighted by Gasteiger charge is 2.16. The van der Waals surface area contributed by atoms with Crippen LogP contribution in [0.5, 0.6) is 0 Å². The lowest BCUT2D eigenvalue weighted by atomic mass is 9.96. The van der Waals surface area contributed by atoms with E-state index in [4.69, 9.17) is 11.6 Å². The fourth-order valence-electron chi connectivity index (χ4n) is 2.87. The standard InChI is InChI=1S/C21H26ClN3O2/c1-3-16(17-7-5-4-6-8-17)13-23-20(26)14-25(2)15-21(27)24-19-11-9-18(22)10-12-19/h4-12,16H,3,13-15H2,1-2H3,(H,23,26)(H,24,27)/p+1/t16-/m0/s1. The van der Waals surface area contributed by atoms with Gasteiger partial charge in [0.05, 0.1) is 7.05 Å². The van der Waals surface area contributed by atoms with Crippen LogP contribution < -0.4 is 15.5 Å². The fraction of sp³-hybridized carbons (Fsp3) is 0.333. The first-order valence-electron chi connectivity index (χ1n) is 9.16. The predicted molar refractivity (Wildman–Crippen MR) is 109 cm³/mol. The molecule has 0 aliphatic carbocycles. The van der Waals surface area contributed by atoms with E-state index < -0.39 is 0 Å². The van der Waals surface area contributed by atoms with Crippen LogP contribution >= 0.6 is 11.6 Å². The Labute approximate surface area is 165 Å². The molecular weight excluding hydrogens is 362 g/mol. The summed E-state index contributed by atoms with van der Waals surface area (Å²) in [6.07, 6.45) is 0.955. The molecule has 144 valence electrons. The monoisotopic (exact) mass is 388 g/mol. The average Bonchev–Trinajstić information content (AvgIpc) is 2.64. The number of hydrogen-bond acceptors (Lipinski definition) is 2. The third-order valence-electron chi connectivity index (χ3n) is 4.36. The molecule has 3 N–H and O–H groups in total. The lowest BCUT2D eigenvalue weighted by molar-refractivity contribution is -0.862. The van der Waals surface area contributed by atoms with E-state index in [2.05, 4.69) is 29.7 Å². The van der Waals surface area contributed by atoms with Crippen LogP contribution in [0.2, 0.25) is 5.02 Å². The first-order chi connectivity index (χ1) is 13.0. The van der Waals surface area contributed by atoms with E-state index in [-0.39, 0.29) is 24.9 Å². The molecule has 5 nitrogen and oxygen atoms in total. The highest BCUT2D eigenvalue weighted by Crippen LogP contribution is 2.17. The molecule has 0 aliphatic heterocycles. The van der Waals surface area contributed by atoms with Gasteiger partial charge in [0.15, 0.2) is 13.1 Å². The lowest BCUT2D eigenvalue weighted by Crippen LogP contribution is -3.11. The molecule has 2 atom stereocenters. The molecule has 0 heterocycles. The molecule has 0 bridgehead atoms. The molecule has 27 heavy (non-hydrogen) atoms. The van der Waals surface area contributed by atoms with Gasteiger partial charge in [-0.15, -0.1) is 0 Å². The van der Waals surface area contributed by atoms with Gasteiger partial charge >= 0.3 is 0 Å². The zero-order valence-electron chi connectivity index (χ0n) is 15.8. The number of benzene rings is 2. The highest BCUT2D eigenvalue weighted by molar-refractivity contribution is 6.30. The van der Waals surface area contributed by atoms with E-state index in [1.54, 1.807) is 24.3 Å². The van der Waals surface area contributed by atoms with Gasteiger partial charge in [-0.3, -0.25) is 9.59 Å². The van der Waals surface area contributed by atoms with E-state index in [0.717, 1.165) is 11.3 Å². The van der Waals surface area contributed by atoms with E-state index in [1.165, 1.54) is 5.56 Å². The van der Waals surface area contributed by atoms with Crippen LogP contribution in [0.3, 0.4) is 0 Å². The number of quaternary nitrogens is 1. The van der Waals surface area contributed by atoms with Gasteiger partial charge in [0.2, 0.25) is 0 Å². The summed E-state index contributed by atoms with van der Waals surface area (Å²) in [4.78, 5) is 25.1. The van der Waals surface area contributed by atoms with Gasteiger partial charge in [0.25, 0.3) is 11.8 Å². The van der Waals surface area contributed by atoms with Crippen molar-refractivity contribution in [2.75, 3.05) is 32.0 Å². The van der Waals surface area contributed by atoms with Crippen molar-refractivity contribution in [1.82, 2.24) is 5.32 Å². The molecule has 0 fully saturated rings. The van der Waals surface area contributed by atoms with Crippen LogP contribution in [-0.2, 0) is 9.59 Å². The summed E-state index contributed by atoms with van der Waals surface area (Å²) < 4.78 is 0. The van der Waals surface area contributed by atoms with Crippen LogP contribution in [0.15, 0.2) is 54.6 Å². The smallest absolute Gasteiger partial charge is 0.279 e. The highest BCUT2D eigenvalue weighted by atomic mass is 35.5. The first-order valence-corrected chi connectivity index (χ1v) is 9.54. The molecule has 0 saturated carbocycles. The minimum atomic E-state index is -0.140. The quantitative estimate of drug-likeness (QED) is 0.616. The number of carbonyl (C=O) groups is 2. The molecule has 1 unspecified atom stereocenters. The first kappa shape index (κ1) is 20.9. The van der Waals surface area contributed by atoms with E-state index in [9.17, 15) is 9.59 Å². The molecule has 0 spiro atoms. The summed E-state index contributed by atoms with van der Waals surface area (Å²) in [5.74, 6) is 0.100. The fourth-order valence-corrected chi connectivity index (χ4v) is 3.00. The minimum absolute atomic E-state index is 0.0545. The molecule has 2 amide bonds. The summed E-state index contributed by atoms with van der Waals surface area (Å²) in [5.41, 5.74) is 1.92. The Morgan fingerprint density at radius 2 is 1.63 bits per heavy atom. The van der Waals surface area contributed by atoms with Gasteiger partial charge in [-0.05, 0) is 36.2 Å². The number of carbonyl (C=O) groups excluding carboxylic acids is 2. The number of anilines is 1. The molecule has 6 heteroatoms. The van der Waals surface area contributed by atoms with E-state index >= 15 is 0 Å². The van der Waals surface area contributed by atoms with Crippen LogP contribution in [-0.4, -0.2) is 38.5 Å². The van der Waals surface area contributed by atoms with Crippen LogP contribution in [0, 0.1) is 0 Å². The molecule has 2 aromatic carbocycles. The maximum Gasteiger partial charge on any atom is 0.279 e. The Morgan fingerprint density at radius 1 is 1.00 bits per heavy atom. The SMILES string of the molecule is CC[C@@H](CNC(=O)C[NH+](C)CC(=O)Nc1ccc(Cl)cc1)c1ccccc1. The summed E-state index contributed by atoms with van der Waals surface area (Å²) >= 11 is 5.83. The summed E-state index contributed by atoms with van der Waals surface area (Å²) in [6, 6.07) is 17.1. The van der Waals surface area contributed by atoms with Gasteiger partial charge < -0.3 is 15.5 Å². The molecule has 0 radical (unpaired) electrons. The lowest BCUT2D eigenvalue weighted by Gasteiger charge is -2.18. The van der Waals surface area contributed by atoms with Gasteiger partial charge in [-0.1, -0.05) is 48.9 Å². The van der Waals surface area contributed by atoms with Crippen LogP contribution in [0.4, 0.5) is 5.69 Å². The summed E-state index contributed by atoms with van der Waals surface area (Å²) in [5, 5.41) is 6.41. The summed E-state index contributed by atoms with van der Waals surface area (Å²) in [6.45, 7) is 3.18. The van der Waals surface area contributed by atoms with Gasteiger partial charge in [0, 0.05) is 23.2 Å². The zero-order valence-corrected chi connectivity index (χ0v) is 16.6. The minimum Gasteiger partial charge on any atom is -0.351 e. The van der Waals surface area contributed by atoms with Gasteiger partial charge in [-0.2, -0.15) is 0 Å².